The van der Waals surface area contributed by atoms with Crippen molar-refractivity contribution in [2.45, 2.75) is 27.2 Å². The molecule has 1 atom stereocenters. The summed E-state index contributed by atoms with van der Waals surface area (Å²) in [6.45, 7) is 6.79. The van der Waals surface area contributed by atoms with Crippen molar-refractivity contribution < 1.29 is 14.3 Å². The van der Waals surface area contributed by atoms with Gasteiger partial charge in [-0.3, -0.25) is 4.79 Å². The lowest BCUT2D eigenvalue weighted by Gasteiger charge is -2.10. The van der Waals surface area contributed by atoms with Gasteiger partial charge in [0.2, 0.25) is 0 Å². The lowest BCUT2D eigenvalue weighted by Crippen LogP contribution is -2.15. The predicted molar refractivity (Wildman–Crippen MR) is 84.5 cm³/mol. The molecule has 112 valence electrons. The molecule has 0 aliphatic heterocycles. The Hall–Kier alpha value is -1.16. The van der Waals surface area contributed by atoms with E-state index in [2.05, 4.69) is 26.0 Å². The molecule has 0 saturated heterocycles. The van der Waals surface area contributed by atoms with Crippen LogP contribution in [0.4, 0.5) is 0 Å². The van der Waals surface area contributed by atoms with Crippen molar-refractivity contribution in [1.29, 1.82) is 0 Å². The fourth-order valence-corrected chi connectivity index (χ4v) is 2.66. The van der Waals surface area contributed by atoms with Crippen LogP contribution in [0, 0.1) is 19.8 Å². The second-order valence-electron chi connectivity index (χ2n) is 4.95. The molecule has 0 aliphatic carbocycles. The van der Waals surface area contributed by atoms with Crippen molar-refractivity contribution in [3.8, 4) is 5.75 Å². The maximum atomic E-state index is 11.2. The summed E-state index contributed by atoms with van der Waals surface area (Å²) in [6, 6.07) is 6.16. The first-order chi connectivity index (χ1) is 9.54. The second kappa shape index (κ2) is 8.90. The number of hydrogen-bond acceptors (Lipinski definition) is 4. The van der Waals surface area contributed by atoms with Crippen LogP contribution < -0.4 is 4.74 Å². The Labute approximate surface area is 126 Å². The lowest BCUT2D eigenvalue weighted by molar-refractivity contribution is -0.143. The minimum Gasteiger partial charge on any atom is -0.494 e. The summed E-state index contributed by atoms with van der Waals surface area (Å²) < 4.78 is 10.4. The zero-order chi connectivity index (χ0) is 15.0. The van der Waals surface area contributed by atoms with E-state index in [1.165, 1.54) is 18.2 Å². The maximum absolute atomic E-state index is 11.2. The molecule has 20 heavy (non-hydrogen) atoms. The molecule has 0 saturated carbocycles. The summed E-state index contributed by atoms with van der Waals surface area (Å²) in [5.74, 6) is 2.55. The highest BCUT2D eigenvalue weighted by molar-refractivity contribution is 7.99. The summed E-state index contributed by atoms with van der Waals surface area (Å²) in [5, 5.41) is 0. The molecule has 1 rings (SSSR count). The van der Waals surface area contributed by atoms with Gasteiger partial charge in [-0.2, -0.15) is 11.8 Å². The Morgan fingerprint density at radius 2 is 2.05 bits per heavy atom. The fourth-order valence-electron chi connectivity index (χ4n) is 1.68. The highest BCUT2D eigenvalue weighted by atomic mass is 32.2. The van der Waals surface area contributed by atoms with Crippen LogP contribution in [-0.4, -0.2) is 31.2 Å². The van der Waals surface area contributed by atoms with E-state index in [9.17, 15) is 4.79 Å². The summed E-state index contributed by atoms with van der Waals surface area (Å²) in [5.41, 5.74) is 2.54. The van der Waals surface area contributed by atoms with Gasteiger partial charge < -0.3 is 9.47 Å². The minimum atomic E-state index is -0.135. The molecule has 0 amide bonds. The van der Waals surface area contributed by atoms with Crippen LogP contribution in [0.25, 0.3) is 0 Å². The Kier molecular flexibility index (Phi) is 7.52. The molecule has 1 aromatic carbocycles. The zero-order valence-electron chi connectivity index (χ0n) is 12.8. The first-order valence-electron chi connectivity index (χ1n) is 6.90. The molecule has 0 N–H and O–H groups in total. The number of ether oxygens (including phenoxy) is 2. The van der Waals surface area contributed by atoms with Crippen molar-refractivity contribution in [3.05, 3.63) is 29.3 Å². The SMILES string of the molecule is COC(=O)C(C)CSCCCOc1ccc(C)c(C)c1. The predicted octanol–water partition coefficient (Wildman–Crippen LogP) is 3.61. The van der Waals surface area contributed by atoms with Crippen LogP contribution in [0.15, 0.2) is 18.2 Å². The van der Waals surface area contributed by atoms with Crippen LogP contribution in [0.2, 0.25) is 0 Å². The van der Waals surface area contributed by atoms with Gasteiger partial charge in [-0.25, -0.2) is 0 Å². The first-order valence-corrected chi connectivity index (χ1v) is 8.05. The van der Waals surface area contributed by atoms with E-state index in [0.29, 0.717) is 6.61 Å². The van der Waals surface area contributed by atoms with E-state index in [4.69, 9.17) is 9.47 Å². The molecule has 4 heteroatoms. The van der Waals surface area contributed by atoms with Gasteiger partial charge in [-0.15, -0.1) is 0 Å². The molecule has 1 aromatic rings. The van der Waals surface area contributed by atoms with Crippen LogP contribution in [0.3, 0.4) is 0 Å². The zero-order valence-corrected chi connectivity index (χ0v) is 13.6. The average molecular weight is 296 g/mol. The third-order valence-electron chi connectivity index (χ3n) is 3.15. The van der Waals surface area contributed by atoms with Gasteiger partial charge in [-0.1, -0.05) is 13.0 Å². The molecule has 0 radical (unpaired) electrons. The molecule has 1 unspecified atom stereocenters. The van der Waals surface area contributed by atoms with E-state index >= 15 is 0 Å². The Bertz CT molecular complexity index is 432. The standard InChI is InChI=1S/C16H24O3S/c1-12-6-7-15(10-13(12)2)19-8-5-9-20-11-14(3)16(17)18-4/h6-7,10,14H,5,8-9,11H2,1-4H3. The molecule has 0 spiro atoms. The Balaban J connectivity index is 2.13. The van der Waals surface area contributed by atoms with E-state index in [-0.39, 0.29) is 11.9 Å². The van der Waals surface area contributed by atoms with Crippen molar-refractivity contribution in [1.82, 2.24) is 0 Å². The van der Waals surface area contributed by atoms with Crippen molar-refractivity contribution in [3.63, 3.8) is 0 Å². The van der Waals surface area contributed by atoms with Gasteiger partial charge in [0.15, 0.2) is 0 Å². The summed E-state index contributed by atoms with van der Waals surface area (Å²) in [7, 11) is 1.43. The number of aryl methyl sites for hydroxylation is 2. The van der Waals surface area contributed by atoms with Crippen LogP contribution in [0.1, 0.15) is 24.5 Å². The third-order valence-corrected chi connectivity index (χ3v) is 4.46. The molecule has 0 fully saturated rings. The fraction of sp³-hybridized carbons (Fsp3) is 0.562. The molecular weight excluding hydrogens is 272 g/mol. The van der Waals surface area contributed by atoms with Crippen LogP contribution >= 0.6 is 11.8 Å². The topological polar surface area (TPSA) is 35.5 Å². The summed E-state index contributed by atoms with van der Waals surface area (Å²) in [4.78, 5) is 11.2. The number of esters is 1. The number of hydrogen-bond donors (Lipinski definition) is 0. The van der Waals surface area contributed by atoms with Crippen LogP contribution in [0.5, 0.6) is 5.75 Å². The number of rotatable bonds is 8. The Morgan fingerprint density at radius 3 is 2.70 bits per heavy atom. The maximum Gasteiger partial charge on any atom is 0.309 e. The normalized spacial score (nSPS) is 12.0. The van der Waals surface area contributed by atoms with Gasteiger partial charge >= 0.3 is 5.97 Å². The largest absolute Gasteiger partial charge is 0.494 e. The molecule has 3 nitrogen and oxygen atoms in total. The quantitative estimate of drug-likeness (QED) is 0.542. The molecule has 0 aliphatic rings. The van der Waals surface area contributed by atoms with Crippen molar-refractivity contribution in [2.24, 2.45) is 5.92 Å². The monoisotopic (exact) mass is 296 g/mol. The average Bonchev–Trinajstić information content (AvgIpc) is 2.45. The van der Waals surface area contributed by atoms with E-state index in [1.807, 2.05) is 13.0 Å². The Morgan fingerprint density at radius 1 is 1.30 bits per heavy atom. The van der Waals surface area contributed by atoms with E-state index in [0.717, 1.165) is 23.7 Å². The molecule has 0 aromatic heterocycles. The summed E-state index contributed by atoms with van der Waals surface area (Å²) >= 11 is 1.76. The molecule has 0 bridgehead atoms. The molecule has 0 heterocycles. The van der Waals surface area contributed by atoms with Crippen molar-refractivity contribution >= 4 is 17.7 Å². The number of carbonyl (C=O) groups is 1. The highest BCUT2D eigenvalue weighted by Gasteiger charge is 2.12. The summed E-state index contributed by atoms with van der Waals surface area (Å²) in [6.07, 6.45) is 0.978. The number of benzene rings is 1. The smallest absolute Gasteiger partial charge is 0.309 e. The van der Waals surface area contributed by atoms with Gasteiger partial charge in [0.05, 0.1) is 19.6 Å². The van der Waals surface area contributed by atoms with Crippen molar-refractivity contribution in [2.75, 3.05) is 25.2 Å². The minimum absolute atomic E-state index is 0.0364. The lowest BCUT2D eigenvalue weighted by atomic mass is 10.1. The van der Waals surface area contributed by atoms with Crippen LogP contribution in [-0.2, 0) is 9.53 Å². The van der Waals surface area contributed by atoms with Gasteiger partial charge in [0, 0.05) is 5.75 Å². The van der Waals surface area contributed by atoms with E-state index < -0.39 is 0 Å². The molecular formula is C16H24O3S. The van der Waals surface area contributed by atoms with Gasteiger partial charge in [0.1, 0.15) is 5.75 Å². The number of thioether (sulfide) groups is 1. The second-order valence-corrected chi connectivity index (χ2v) is 6.10. The highest BCUT2D eigenvalue weighted by Crippen LogP contribution is 2.17. The first kappa shape index (κ1) is 16.9. The van der Waals surface area contributed by atoms with E-state index in [1.54, 1.807) is 11.8 Å². The van der Waals surface area contributed by atoms with Gasteiger partial charge in [0.25, 0.3) is 0 Å². The van der Waals surface area contributed by atoms with Gasteiger partial charge in [-0.05, 0) is 49.3 Å². The number of carbonyl (C=O) groups excluding carboxylic acids is 1. The third kappa shape index (κ3) is 5.87. The number of methoxy groups -OCH3 is 1.